The molecule has 0 atom stereocenters. The number of hydrogen-bond acceptors (Lipinski definition) is 7. The Labute approximate surface area is 161 Å². The van der Waals surface area contributed by atoms with Gasteiger partial charge in [0, 0.05) is 34.9 Å². The highest BCUT2D eigenvalue weighted by atomic mass is 16.5. The standard InChI is InChI=1S/C21H19N5O2/c1-12-6-9-16-18(24-14-4-3-5-15(10-14)27-2)17(11-22-20(16)23-12)21-25-19(26-28-21)13-7-8-13/h3-6,9-11,13H,7-8H2,1-2H3,(H,22,23,24). The van der Waals surface area contributed by atoms with Gasteiger partial charge in [-0.25, -0.2) is 9.97 Å². The SMILES string of the molecule is COc1cccc(Nc2c(-c3nc(C4CC4)no3)cnc3nc(C)ccc23)c1. The van der Waals surface area contributed by atoms with Crippen LogP contribution in [0.5, 0.6) is 5.75 Å². The van der Waals surface area contributed by atoms with Crippen molar-refractivity contribution in [3.63, 3.8) is 0 Å². The molecule has 7 nitrogen and oxygen atoms in total. The van der Waals surface area contributed by atoms with Crippen molar-refractivity contribution in [3.05, 3.63) is 54.1 Å². The van der Waals surface area contributed by atoms with Gasteiger partial charge in [-0.3, -0.25) is 0 Å². The number of nitrogens with one attached hydrogen (secondary N) is 1. The molecule has 0 spiro atoms. The van der Waals surface area contributed by atoms with E-state index in [9.17, 15) is 0 Å². The second kappa shape index (κ2) is 6.60. The van der Waals surface area contributed by atoms with E-state index in [4.69, 9.17) is 9.26 Å². The summed E-state index contributed by atoms with van der Waals surface area (Å²) in [5.41, 5.74) is 4.04. The Balaban J connectivity index is 1.65. The van der Waals surface area contributed by atoms with Gasteiger partial charge in [0.1, 0.15) is 5.75 Å². The van der Waals surface area contributed by atoms with Crippen molar-refractivity contribution in [2.75, 3.05) is 12.4 Å². The number of rotatable bonds is 5. The average Bonchev–Trinajstić information content (AvgIpc) is 3.45. The van der Waals surface area contributed by atoms with Crippen LogP contribution >= 0.6 is 0 Å². The Kier molecular flexibility index (Phi) is 3.93. The van der Waals surface area contributed by atoms with Gasteiger partial charge in [-0.15, -0.1) is 0 Å². The molecule has 1 aliphatic carbocycles. The number of aromatic nitrogens is 4. The Morgan fingerprint density at radius 1 is 1.14 bits per heavy atom. The maximum Gasteiger partial charge on any atom is 0.261 e. The zero-order valence-electron chi connectivity index (χ0n) is 15.6. The van der Waals surface area contributed by atoms with E-state index in [1.165, 1.54) is 0 Å². The highest BCUT2D eigenvalue weighted by molar-refractivity contribution is 5.98. The molecule has 7 heteroatoms. The number of methoxy groups -OCH3 is 1. The van der Waals surface area contributed by atoms with Crippen molar-refractivity contribution in [2.45, 2.75) is 25.7 Å². The number of pyridine rings is 2. The van der Waals surface area contributed by atoms with Crippen molar-refractivity contribution in [1.29, 1.82) is 0 Å². The van der Waals surface area contributed by atoms with Crippen LogP contribution in [-0.2, 0) is 0 Å². The van der Waals surface area contributed by atoms with E-state index in [1.807, 2.05) is 43.3 Å². The third-order valence-corrected chi connectivity index (χ3v) is 4.82. The first-order valence-corrected chi connectivity index (χ1v) is 9.22. The van der Waals surface area contributed by atoms with Crippen molar-refractivity contribution < 1.29 is 9.26 Å². The van der Waals surface area contributed by atoms with Crippen LogP contribution in [0.3, 0.4) is 0 Å². The Hall–Kier alpha value is -3.48. The smallest absolute Gasteiger partial charge is 0.261 e. The van der Waals surface area contributed by atoms with Crippen LogP contribution in [0.1, 0.15) is 30.3 Å². The van der Waals surface area contributed by atoms with E-state index >= 15 is 0 Å². The number of anilines is 2. The fraction of sp³-hybridized carbons (Fsp3) is 0.238. The molecule has 4 aromatic rings. The zero-order valence-corrected chi connectivity index (χ0v) is 15.6. The van der Waals surface area contributed by atoms with Gasteiger partial charge in [0.05, 0.1) is 18.4 Å². The van der Waals surface area contributed by atoms with Crippen molar-refractivity contribution in [2.24, 2.45) is 0 Å². The lowest BCUT2D eigenvalue weighted by atomic mass is 10.1. The van der Waals surface area contributed by atoms with Crippen molar-refractivity contribution in [1.82, 2.24) is 20.1 Å². The maximum atomic E-state index is 5.56. The lowest BCUT2D eigenvalue weighted by molar-refractivity contribution is 0.415. The van der Waals surface area contributed by atoms with Gasteiger partial charge in [0.2, 0.25) is 0 Å². The molecule has 1 fully saturated rings. The minimum atomic E-state index is 0.421. The lowest BCUT2D eigenvalue weighted by Gasteiger charge is -2.13. The maximum absolute atomic E-state index is 5.56. The molecule has 3 aromatic heterocycles. The number of nitrogens with zero attached hydrogens (tertiary/aromatic N) is 4. The number of fused-ring (bicyclic) bond motifs is 1. The van der Waals surface area contributed by atoms with E-state index in [0.717, 1.165) is 52.4 Å². The highest BCUT2D eigenvalue weighted by Crippen LogP contribution is 2.40. The number of ether oxygens (including phenoxy) is 1. The van der Waals surface area contributed by atoms with Crippen LogP contribution in [0.2, 0.25) is 0 Å². The van der Waals surface area contributed by atoms with Crippen LogP contribution in [0.25, 0.3) is 22.5 Å². The van der Waals surface area contributed by atoms with Crippen LogP contribution < -0.4 is 10.1 Å². The third kappa shape index (κ3) is 3.05. The van der Waals surface area contributed by atoms with Crippen LogP contribution in [0, 0.1) is 6.92 Å². The summed E-state index contributed by atoms with van der Waals surface area (Å²) in [6.07, 6.45) is 3.97. The minimum absolute atomic E-state index is 0.421. The first-order valence-electron chi connectivity index (χ1n) is 9.22. The number of benzene rings is 1. The van der Waals surface area contributed by atoms with E-state index in [2.05, 4.69) is 25.4 Å². The molecule has 1 aliphatic rings. The summed E-state index contributed by atoms with van der Waals surface area (Å²) < 4.78 is 10.9. The monoisotopic (exact) mass is 373 g/mol. The summed E-state index contributed by atoms with van der Waals surface area (Å²) in [6, 6.07) is 11.7. The molecule has 0 bridgehead atoms. The first-order chi connectivity index (χ1) is 13.7. The molecule has 0 aliphatic heterocycles. The Bertz CT molecular complexity index is 1170. The van der Waals surface area contributed by atoms with Crippen molar-refractivity contribution in [3.8, 4) is 17.2 Å². The van der Waals surface area contributed by atoms with Crippen LogP contribution in [0.4, 0.5) is 11.4 Å². The number of aryl methyl sites for hydroxylation is 1. The minimum Gasteiger partial charge on any atom is -0.497 e. The molecule has 0 radical (unpaired) electrons. The molecule has 5 rings (SSSR count). The molecule has 0 unspecified atom stereocenters. The summed E-state index contributed by atoms with van der Waals surface area (Å²) in [5.74, 6) is 2.42. The quantitative estimate of drug-likeness (QED) is 0.546. The molecular weight excluding hydrogens is 354 g/mol. The van der Waals surface area contributed by atoms with Gasteiger partial charge in [-0.05, 0) is 44.0 Å². The number of hydrogen-bond donors (Lipinski definition) is 1. The summed E-state index contributed by atoms with van der Waals surface area (Å²) >= 11 is 0. The predicted molar refractivity (Wildman–Crippen MR) is 106 cm³/mol. The normalized spacial score (nSPS) is 13.6. The van der Waals surface area contributed by atoms with E-state index in [1.54, 1.807) is 13.3 Å². The first kappa shape index (κ1) is 16.7. The summed E-state index contributed by atoms with van der Waals surface area (Å²) in [5, 5.41) is 8.51. The molecule has 3 heterocycles. The highest BCUT2D eigenvalue weighted by Gasteiger charge is 2.29. The molecule has 28 heavy (non-hydrogen) atoms. The third-order valence-electron chi connectivity index (χ3n) is 4.82. The molecule has 1 aromatic carbocycles. The van der Waals surface area contributed by atoms with Gasteiger partial charge in [-0.2, -0.15) is 4.98 Å². The van der Waals surface area contributed by atoms with Crippen LogP contribution in [0.15, 0.2) is 47.1 Å². The second-order valence-electron chi connectivity index (χ2n) is 6.96. The van der Waals surface area contributed by atoms with Gasteiger partial charge >= 0.3 is 0 Å². The molecule has 140 valence electrons. The summed E-state index contributed by atoms with van der Waals surface area (Å²) in [4.78, 5) is 13.7. The fourth-order valence-electron chi connectivity index (χ4n) is 3.17. The second-order valence-corrected chi connectivity index (χ2v) is 6.96. The van der Waals surface area contributed by atoms with Gasteiger partial charge in [-0.1, -0.05) is 11.2 Å². The molecule has 1 N–H and O–H groups in total. The molecular formula is C21H19N5O2. The van der Waals surface area contributed by atoms with Gasteiger partial charge in [0.15, 0.2) is 11.5 Å². The summed E-state index contributed by atoms with van der Waals surface area (Å²) in [6.45, 7) is 1.95. The Morgan fingerprint density at radius 2 is 2.04 bits per heavy atom. The van der Waals surface area contributed by atoms with Crippen LogP contribution in [-0.4, -0.2) is 27.2 Å². The molecule has 0 amide bonds. The topological polar surface area (TPSA) is 86.0 Å². The zero-order chi connectivity index (χ0) is 19.1. The molecule has 0 saturated heterocycles. The van der Waals surface area contributed by atoms with Crippen molar-refractivity contribution >= 4 is 22.4 Å². The van der Waals surface area contributed by atoms with E-state index < -0.39 is 0 Å². The lowest BCUT2D eigenvalue weighted by Crippen LogP contribution is -1.99. The average molecular weight is 373 g/mol. The summed E-state index contributed by atoms with van der Waals surface area (Å²) in [7, 11) is 1.65. The predicted octanol–water partition coefficient (Wildman–Crippen LogP) is 4.62. The fourth-order valence-corrected chi connectivity index (χ4v) is 3.17. The largest absolute Gasteiger partial charge is 0.497 e. The van der Waals surface area contributed by atoms with E-state index in [0.29, 0.717) is 17.5 Å². The Morgan fingerprint density at radius 3 is 2.86 bits per heavy atom. The van der Waals surface area contributed by atoms with E-state index in [-0.39, 0.29) is 0 Å². The molecule has 1 saturated carbocycles. The van der Waals surface area contributed by atoms with Gasteiger partial charge in [0.25, 0.3) is 5.89 Å². The van der Waals surface area contributed by atoms with Gasteiger partial charge < -0.3 is 14.6 Å².